The topological polar surface area (TPSA) is 42.0 Å². The number of alkyl halides is 1. The van der Waals surface area contributed by atoms with Crippen LogP contribution >= 0.6 is 27.3 Å². The molecule has 17 heavy (non-hydrogen) atoms. The fraction of sp³-hybridized carbons (Fsp3) is 0.667. The maximum atomic E-state index is 11.9. The smallest absolute Gasteiger partial charge is 0.240 e. The minimum Gasteiger partial charge on any atom is -0.301 e. The molecule has 1 unspecified atom stereocenters. The summed E-state index contributed by atoms with van der Waals surface area (Å²) < 4.78 is 0. The first-order chi connectivity index (χ1) is 8.08. The number of nitrogens with zero attached hydrogens (tertiary/aromatic N) is 1. The fourth-order valence-electron chi connectivity index (χ4n) is 1.88. The van der Waals surface area contributed by atoms with E-state index in [9.17, 15) is 4.79 Å². The maximum Gasteiger partial charge on any atom is 0.240 e. The zero-order valence-electron chi connectivity index (χ0n) is 10.1. The number of anilines is 1. The van der Waals surface area contributed by atoms with Gasteiger partial charge in [0.1, 0.15) is 0 Å². The highest BCUT2D eigenvalue weighted by molar-refractivity contribution is 9.10. The molecule has 1 aliphatic rings. The van der Waals surface area contributed by atoms with Crippen LogP contribution in [0.3, 0.4) is 0 Å². The van der Waals surface area contributed by atoms with Gasteiger partial charge in [0.15, 0.2) is 5.13 Å². The molecule has 5 heteroatoms. The molecule has 94 valence electrons. The Balaban J connectivity index is 2.04. The van der Waals surface area contributed by atoms with Gasteiger partial charge in [-0.2, -0.15) is 0 Å². The van der Waals surface area contributed by atoms with Crippen LogP contribution in [0.5, 0.6) is 0 Å². The lowest BCUT2D eigenvalue weighted by Crippen LogP contribution is -2.26. The number of amides is 1. The molecule has 0 fully saturated rings. The summed E-state index contributed by atoms with van der Waals surface area (Å²) in [7, 11) is 0. The van der Waals surface area contributed by atoms with Gasteiger partial charge in [0, 0.05) is 4.88 Å². The van der Waals surface area contributed by atoms with Crippen LogP contribution in [0.4, 0.5) is 5.13 Å². The zero-order chi connectivity index (χ0) is 12.4. The summed E-state index contributed by atoms with van der Waals surface area (Å²) in [6.45, 7) is 4.04. The lowest BCUT2D eigenvalue weighted by Gasteiger charge is -2.11. The number of aromatic nitrogens is 1. The Morgan fingerprint density at radius 2 is 2.12 bits per heavy atom. The van der Waals surface area contributed by atoms with Gasteiger partial charge in [-0.3, -0.25) is 4.79 Å². The normalized spacial score (nSPS) is 16.7. The molecule has 1 atom stereocenters. The summed E-state index contributed by atoms with van der Waals surface area (Å²) >= 11 is 5.03. The number of hydrogen-bond donors (Lipinski definition) is 1. The molecule has 1 heterocycles. The fourth-order valence-corrected chi connectivity index (χ4v) is 3.05. The van der Waals surface area contributed by atoms with Gasteiger partial charge in [-0.1, -0.05) is 29.8 Å². The highest BCUT2D eigenvalue weighted by atomic mass is 79.9. The number of carbonyl (C=O) groups is 1. The molecule has 2 rings (SSSR count). The maximum absolute atomic E-state index is 11.9. The van der Waals surface area contributed by atoms with Crippen LogP contribution in [0, 0.1) is 5.92 Å². The Morgan fingerprint density at radius 1 is 1.41 bits per heavy atom. The first-order valence-corrected chi connectivity index (χ1v) is 7.74. The van der Waals surface area contributed by atoms with E-state index in [-0.39, 0.29) is 16.7 Å². The molecule has 0 bridgehead atoms. The molecule has 0 saturated carbocycles. The van der Waals surface area contributed by atoms with E-state index in [1.165, 1.54) is 23.4 Å². The summed E-state index contributed by atoms with van der Waals surface area (Å²) in [4.78, 5) is 17.6. The Morgan fingerprint density at radius 3 is 2.76 bits per heavy atom. The van der Waals surface area contributed by atoms with Crippen LogP contribution in [0.15, 0.2) is 0 Å². The van der Waals surface area contributed by atoms with Crippen LogP contribution in [0.1, 0.15) is 37.3 Å². The van der Waals surface area contributed by atoms with Gasteiger partial charge >= 0.3 is 0 Å². The number of halogens is 1. The van der Waals surface area contributed by atoms with Crippen LogP contribution in [-0.2, 0) is 17.6 Å². The number of nitrogens with one attached hydrogen (secondary N) is 1. The molecule has 0 radical (unpaired) electrons. The third-order valence-corrected chi connectivity index (χ3v) is 5.46. The minimum absolute atomic E-state index is 0.00565. The van der Waals surface area contributed by atoms with Crippen molar-refractivity contribution in [3.63, 3.8) is 0 Å². The molecule has 1 amide bonds. The van der Waals surface area contributed by atoms with Gasteiger partial charge in [0.25, 0.3) is 0 Å². The van der Waals surface area contributed by atoms with E-state index in [0.29, 0.717) is 0 Å². The van der Waals surface area contributed by atoms with Crippen molar-refractivity contribution in [2.45, 2.75) is 44.4 Å². The van der Waals surface area contributed by atoms with Crippen molar-refractivity contribution in [1.29, 1.82) is 0 Å². The number of thiazole rings is 1. The Hall–Kier alpha value is -0.420. The molecule has 0 spiro atoms. The third-order valence-electron chi connectivity index (χ3n) is 2.91. The van der Waals surface area contributed by atoms with Gasteiger partial charge in [-0.25, -0.2) is 4.98 Å². The van der Waals surface area contributed by atoms with Gasteiger partial charge in [-0.15, -0.1) is 11.3 Å². The van der Waals surface area contributed by atoms with Crippen LogP contribution in [0.25, 0.3) is 0 Å². The molecule has 0 aromatic carbocycles. The van der Waals surface area contributed by atoms with Crippen molar-refractivity contribution < 1.29 is 4.79 Å². The second-order valence-electron chi connectivity index (χ2n) is 4.73. The Bertz CT molecular complexity index is 393. The molecule has 0 saturated heterocycles. The van der Waals surface area contributed by atoms with Gasteiger partial charge < -0.3 is 5.32 Å². The largest absolute Gasteiger partial charge is 0.301 e. The molecule has 1 N–H and O–H groups in total. The molecule has 3 nitrogen and oxygen atoms in total. The van der Waals surface area contributed by atoms with E-state index in [1.54, 1.807) is 11.3 Å². The first-order valence-electron chi connectivity index (χ1n) is 6.01. The van der Waals surface area contributed by atoms with Crippen molar-refractivity contribution in [3.8, 4) is 0 Å². The Kier molecular flexibility index (Phi) is 4.20. The second kappa shape index (κ2) is 5.48. The van der Waals surface area contributed by atoms with Gasteiger partial charge in [0.05, 0.1) is 10.5 Å². The first kappa shape index (κ1) is 13.0. The van der Waals surface area contributed by atoms with Crippen LogP contribution < -0.4 is 5.32 Å². The van der Waals surface area contributed by atoms with E-state index in [2.05, 4.69) is 26.2 Å². The molecule has 1 aliphatic carbocycles. The highest BCUT2D eigenvalue weighted by Gasteiger charge is 2.21. The average molecular weight is 317 g/mol. The van der Waals surface area contributed by atoms with Gasteiger partial charge in [0.2, 0.25) is 5.91 Å². The molecular weight excluding hydrogens is 300 g/mol. The number of aryl methyl sites for hydroxylation is 2. The summed E-state index contributed by atoms with van der Waals surface area (Å²) in [6, 6.07) is 0. The van der Waals surface area contributed by atoms with Crippen LogP contribution in [-0.4, -0.2) is 15.7 Å². The highest BCUT2D eigenvalue weighted by Crippen LogP contribution is 2.30. The van der Waals surface area contributed by atoms with Crippen molar-refractivity contribution in [1.82, 2.24) is 4.98 Å². The van der Waals surface area contributed by atoms with Crippen molar-refractivity contribution in [2.24, 2.45) is 5.92 Å². The van der Waals surface area contributed by atoms with Crippen LogP contribution in [0.2, 0.25) is 0 Å². The molecule has 1 aromatic rings. The predicted molar refractivity (Wildman–Crippen MR) is 74.9 cm³/mol. The SMILES string of the molecule is CC(C)C(Br)C(=O)Nc1nc2c(s1)CCCC2. The summed E-state index contributed by atoms with van der Waals surface area (Å²) in [6.07, 6.45) is 4.64. The summed E-state index contributed by atoms with van der Waals surface area (Å²) in [5, 5.41) is 3.66. The van der Waals surface area contributed by atoms with Crippen molar-refractivity contribution in [3.05, 3.63) is 10.6 Å². The van der Waals surface area contributed by atoms with E-state index in [1.807, 2.05) is 13.8 Å². The van der Waals surface area contributed by atoms with E-state index in [4.69, 9.17) is 0 Å². The molecule has 1 aromatic heterocycles. The minimum atomic E-state index is -0.150. The number of rotatable bonds is 3. The molecule has 0 aliphatic heterocycles. The number of fused-ring (bicyclic) bond motifs is 1. The monoisotopic (exact) mass is 316 g/mol. The lowest BCUT2D eigenvalue weighted by molar-refractivity contribution is -0.116. The summed E-state index contributed by atoms with van der Waals surface area (Å²) in [5.41, 5.74) is 1.19. The standard InChI is InChI=1S/C12H17BrN2OS/c1-7(2)10(13)11(16)15-12-14-8-5-3-4-6-9(8)17-12/h7,10H,3-6H2,1-2H3,(H,14,15,16). The lowest BCUT2D eigenvalue weighted by atomic mass is 10.0. The predicted octanol–water partition coefficient (Wildman–Crippen LogP) is 3.38. The van der Waals surface area contributed by atoms with Crippen molar-refractivity contribution >= 4 is 38.3 Å². The second-order valence-corrected chi connectivity index (χ2v) is 6.80. The van der Waals surface area contributed by atoms with E-state index >= 15 is 0 Å². The van der Waals surface area contributed by atoms with E-state index in [0.717, 1.165) is 18.0 Å². The Labute approximate surface area is 114 Å². The van der Waals surface area contributed by atoms with E-state index < -0.39 is 0 Å². The quantitative estimate of drug-likeness (QED) is 0.869. The van der Waals surface area contributed by atoms with Crippen molar-refractivity contribution in [2.75, 3.05) is 5.32 Å². The molecular formula is C12H17BrN2OS. The number of hydrogen-bond acceptors (Lipinski definition) is 3. The third kappa shape index (κ3) is 3.07. The van der Waals surface area contributed by atoms with Gasteiger partial charge in [-0.05, 0) is 31.6 Å². The average Bonchev–Trinajstić information content (AvgIpc) is 2.69. The summed E-state index contributed by atoms with van der Waals surface area (Å²) in [5.74, 6) is 0.288. The zero-order valence-corrected chi connectivity index (χ0v) is 12.5. The number of carbonyl (C=O) groups excluding carboxylic acids is 1.